The van der Waals surface area contributed by atoms with E-state index in [0.717, 1.165) is 0 Å². The van der Waals surface area contributed by atoms with Crippen molar-refractivity contribution in [1.29, 1.82) is 0 Å². The Kier molecular flexibility index (Phi) is 4.94. The molecule has 0 aromatic carbocycles. The van der Waals surface area contributed by atoms with E-state index in [1.165, 1.54) is 0 Å². The molecule has 0 heterocycles. The van der Waals surface area contributed by atoms with E-state index in [-0.39, 0.29) is 0 Å². The molecule has 59 valence electrons. The van der Waals surface area contributed by atoms with E-state index < -0.39 is 6.23 Å². The Hall–Kier alpha value is -0.570. The maximum Gasteiger partial charge on any atom is 0.209 e. The summed E-state index contributed by atoms with van der Waals surface area (Å²) in [5, 5.41) is 2.39. The van der Waals surface area contributed by atoms with Crippen molar-refractivity contribution in [1.82, 2.24) is 5.32 Å². The SMILES string of the molecule is [CH2]C(NC=O)OCC(C)C. The molecule has 1 atom stereocenters. The molecule has 1 amide bonds. The van der Waals surface area contributed by atoms with Gasteiger partial charge in [0.1, 0.15) is 6.23 Å². The van der Waals surface area contributed by atoms with E-state index in [1.807, 2.05) is 13.8 Å². The van der Waals surface area contributed by atoms with Gasteiger partial charge in [0.05, 0.1) is 6.61 Å². The van der Waals surface area contributed by atoms with Crippen LogP contribution in [0.5, 0.6) is 0 Å². The Morgan fingerprint density at radius 1 is 1.70 bits per heavy atom. The number of ether oxygens (including phenoxy) is 1. The molecule has 0 aliphatic carbocycles. The highest BCUT2D eigenvalue weighted by molar-refractivity contribution is 5.46. The quantitative estimate of drug-likeness (QED) is 0.452. The molecular formula is C7H14NO2. The Morgan fingerprint density at radius 2 is 2.30 bits per heavy atom. The Morgan fingerprint density at radius 3 is 2.70 bits per heavy atom. The largest absolute Gasteiger partial charge is 0.358 e. The molecule has 0 aliphatic heterocycles. The highest BCUT2D eigenvalue weighted by Gasteiger charge is 1.99. The van der Waals surface area contributed by atoms with Crippen LogP contribution in [-0.4, -0.2) is 19.2 Å². The minimum atomic E-state index is -0.417. The summed E-state index contributed by atoms with van der Waals surface area (Å²) >= 11 is 0. The Labute approximate surface area is 61.8 Å². The second kappa shape index (κ2) is 5.23. The van der Waals surface area contributed by atoms with Crippen molar-refractivity contribution >= 4 is 6.41 Å². The lowest BCUT2D eigenvalue weighted by Crippen LogP contribution is -2.28. The summed E-state index contributed by atoms with van der Waals surface area (Å²) in [5.74, 6) is 0.470. The first-order valence-corrected chi connectivity index (χ1v) is 3.31. The van der Waals surface area contributed by atoms with Gasteiger partial charge in [-0.15, -0.1) is 0 Å². The van der Waals surface area contributed by atoms with Gasteiger partial charge in [0.2, 0.25) is 6.41 Å². The molecule has 0 aliphatic rings. The van der Waals surface area contributed by atoms with Crippen molar-refractivity contribution in [2.24, 2.45) is 5.92 Å². The van der Waals surface area contributed by atoms with Crippen molar-refractivity contribution in [3.8, 4) is 0 Å². The van der Waals surface area contributed by atoms with Crippen molar-refractivity contribution in [3.05, 3.63) is 6.92 Å². The van der Waals surface area contributed by atoms with Gasteiger partial charge in [-0.05, 0) is 12.8 Å². The van der Waals surface area contributed by atoms with Gasteiger partial charge in [0, 0.05) is 0 Å². The first-order chi connectivity index (χ1) is 4.66. The van der Waals surface area contributed by atoms with Crippen molar-refractivity contribution < 1.29 is 9.53 Å². The lowest BCUT2D eigenvalue weighted by Gasteiger charge is -2.12. The molecule has 1 N–H and O–H groups in total. The van der Waals surface area contributed by atoms with Crippen molar-refractivity contribution in [2.75, 3.05) is 6.61 Å². The third-order valence-corrected chi connectivity index (χ3v) is 0.885. The predicted octanol–water partition coefficient (Wildman–Crippen LogP) is 0.565. The first kappa shape index (κ1) is 9.43. The van der Waals surface area contributed by atoms with Gasteiger partial charge in [-0.1, -0.05) is 13.8 Å². The summed E-state index contributed by atoms with van der Waals surface area (Å²) in [7, 11) is 0. The number of carbonyl (C=O) groups excluding carboxylic acids is 1. The number of amides is 1. The minimum absolute atomic E-state index is 0.417. The molecule has 3 nitrogen and oxygen atoms in total. The molecule has 0 fully saturated rings. The van der Waals surface area contributed by atoms with Crippen LogP contribution in [0.15, 0.2) is 0 Å². The van der Waals surface area contributed by atoms with Crippen LogP contribution in [0.3, 0.4) is 0 Å². The van der Waals surface area contributed by atoms with Crippen LogP contribution in [0.2, 0.25) is 0 Å². The Bertz CT molecular complexity index is 93.6. The zero-order chi connectivity index (χ0) is 7.98. The summed E-state index contributed by atoms with van der Waals surface area (Å²) in [6.07, 6.45) is 0.165. The monoisotopic (exact) mass is 144 g/mol. The van der Waals surface area contributed by atoms with E-state index in [4.69, 9.17) is 4.74 Å². The highest BCUT2D eigenvalue weighted by Crippen LogP contribution is 1.94. The second-order valence-corrected chi connectivity index (χ2v) is 2.50. The van der Waals surface area contributed by atoms with Crippen LogP contribution in [0.4, 0.5) is 0 Å². The topological polar surface area (TPSA) is 38.3 Å². The lowest BCUT2D eigenvalue weighted by atomic mass is 10.2. The number of carbonyl (C=O) groups is 1. The summed E-state index contributed by atoms with van der Waals surface area (Å²) in [4.78, 5) is 9.83. The number of rotatable bonds is 5. The van der Waals surface area contributed by atoms with Crippen LogP contribution in [0.1, 0.15) is 13.8 Å². The van der Waals surface area contributed by atoms with Gasteiger partial charge in [0.15, 0.2) is 0 Å². The third kappa shape index (κ3) is 5.56. The minimum Gasteiger partial charge on any atom is -0.358 e. The molecule has 10 heavy (non-hydrogen) atoms. The molecule has 0 saturated carbocycles. The summed E-state index contributed by atoms with van der Waals surface area (Å²) in [5.41, 5.74) is 0. The van der Waals surface area contributed by atoms with Crippen LogP contribution < -0.4 is 5.32 Å². The molecule has 0 saturated heterocycles. The fourth-order valence-corrected chi connectivity index (χ4v) is 0.433. The van der Waals surface area contributed by atoms with Crippen molar-refractivity contribution in [2.45, 2.75) is 20.1 Å². The second-order valence-electron chi connectivity index (χ2n) is 2.50. The van der Waals surface area contributed by atoms with E-state index in [1.54, 1.807) is 0 Å². The van der Waals surface area contributed by atoms with Gasteiger partial charge < -0.3 is 10.1 Å². The summed E-state index contributed by atoms with van der Waals surface area (Å²) in [6, 6.07) is 0. The molecular weight excluding hydrogens is 130 g/mol. The zero-order valence-electron chi connectivity index (χ0n) is 6.46. The molecule has 0 rings (SSSR count). The van der Waals surface area contributed by atoms with E-state index in [2.05, 4.69) is 12.2 Å². The molecule has 3 heteroatoms. The van der Waals surface area contributed by atoms with E-state index in [9.17, 15) is 4.79 Å². The summed E-state index contributed by atoms with van der Waals surface area (Å²) < 4.78 is 5.09. The summed E-state index contributed by atoms with van der Waals surface area (Å²) in [6.45, 7) is 8.23. The lowest BCUT2D eigenvalue weighted by molar-refractivity contribution is -0.112. The van der Waals surface area contributed by atoms with Gasteiger partial charge in [-0.2, -0.15) is 0 Å². The highest BCUT2D eigenvalue weighted by atomic mass is 16.5. The fraction of sp³-hybridized carbons (Fsp3) is 0.714. The van der Waals surface area contributed by atoms with Crippen LogP contribution in [0, 0.1) is 12.8 Å². The fourth-order valence-electron chi connectivity index (χ4n) is 0.433. The number of nitrogens with one attached hydrogen (secondary N) is 1. The normalized spacial score (nSPS) is 13.2. The molecule has 0 bridgehead atoms. The average molecular weight is 144 g/mol. The van der Waals surface area contributed by atoms with E-state index in [0.29, 0.717) is 18.9 Å². The maximum atomic E-state index is 9.83. The third-order valence-electron chi connectivity index (χ3n) is 0.885. The number of hydrogen-bond acceptors (Lipinski definition) is 2. The molecule has 0 aromatic rings. The molecule has 1 radical (unpaired) electrons. The standard InChI is InChI=1S/C7H14NO2/c1-6(2)4-10-7(3)8-5-9/h5-7H,3-4H2,1-2H3,(H,8,9). The van der Waals surface area contributed by atoms with Crippen LogP contribution in [0.25, 0.3) is 0 Å². The van der Waals surface area contributed by atoms with Crippen LogP contribution in [-0.2, 0) is 9.53 Å². The van der Waals surface area contributed by atoms with Gasteiger partial charge >= 0.3 is 0 Å². The average Bonchev–Trinajstić information content (AvgIpc) is 1.85. The Balaban J connectivity index is 3.20. The predicted molar refractivity (Wildman–Crippen MR) is 39.1 cm³/mol. The maximum absolute atomic E-state index is 9.83. The van der Waals surface area contributed by atoms with Gasteiger partial charge in [0.25, 0.3) is 0 Å². The molecule has 1 unspecified atom stereocenters. The molecule has 0 spiro atoms. The zero-order valence-corrected chi connectivity index (χ0v) is 6.46. The van der Waals surface area contributed by atoms with Crippen LogP contribution >= 0.6 is 0 Å². The smallest absolute Gasteiger partial charge is 0.209 e. The van der Waals surface area contributed by atoms with Crippen molar-refractivity contribution in [3.63, 3.8) is 0 Å². The van der Waals surface area contributed by atoms with E-state index >= 15 is 0 Å². The van der Waals surface area contributed by atoms with Gasteiger partial charge in [-0.25, -0.2) is 0 Å². The van der Waals surface area contributed by atoms with Gasteiger partial charge in [-0.3, -0.25) is 4.79 Å². The number of hydrogen-bond donors (Lipinski definition) is 1. The first-order valence-electron chi connectivity index (χ1n) is 3.31. The molecule has 0 aromatic heterocycles.